The van der Waals surface area contributed by atoms with E-state index in [0.717, 1.165) is 16.3 Å². The van der Waals surface area contributed by atoms with E-state index in [4.69, 9.17) is 4.42 Å². The third-order valence-corrected chi connectivity index (χ3v) is 3.40. The maximum atomic E-state index is 12.1. The normalized spacial score (nSPS) is 11.4. The first-order valence-electron chi connectivity index (χ1n) is 6.31. The second kappa shape index (κ2) is 3.87. The molecular weight excluding hydrogens is 252 g/mol. The van der Waals surface area contributed by atoms with Crippen molar-refractivity contribution in [2.75, 3.05) is 0 Å². The van der Waals surface area contributed by atoms with Crippen LogP contribution in [0, 0.1) is 6.92 Å². The van der Waals surface area contributed by atoms with Crippen molar-refractivity contribution < 1.29 is 4.42 Å². The van der Waals surface area contributed by atoms with Crippen LogP contribution in [0.15, 0.2) is 51.8 Å². The predicted octanol–water partition coefficient (Wildman–Crippen LogP) is 3.20. The summed E-state index contributed by atoms with van der Waals surface area (Å²) in [7, 11) is 0. The van der Waals surface area contributed by atoms with Gasteiger partial charge in [0, 0.05) is 17.0 Å². The van der Waals surface area contributed by atoms with Gasteiger partial charge in [-0.05, 0) is 37.3 Å². The third kappa shape index (κ3) is 1.51. The van der Waals surface area contributed by atoms with E-state index < -0.39 is 0 Å². The number of nitrogens with zero attached hydrogens (tertiary/aromatic N) is 2. The molecule has 0 saturated heterocycles. The van der Waals surface area contributed by atoms with Gasteiger partial charge in [0.25, 0.3) is 0 Å². The number of aromatic nitrogens is 2. The number of aryl methyl sites for hydroxylation is 1. The summed E-state index contributed by atoms with van der Waals surface area (Å²) in [6.45, 7) is 2.00. The second-order valence-electron chi connectivity index (χ2n) is 4.82. The molecule has 4 rings (SSSR count). The Morgan fingerprint density at radius 3 is 2.90 bits per heavy atom. The first-order valence-corrected chi connectivity index (χ1v) is 6.31. The largest absolute Gasteiger partial charge is 0.422 e. The molecule has 0 N–H and O–H groups in total. The molecule has 0 atom stereocenters. The van der Waals surface area contributed by atoms with Gasteiger partial charge in [-0.1, -0.05) is 11.6 Å². The van der Waals surface area contributed by atoms with Gasteiger partial charge in [-0.25, -0.2) is 14.8 Å². The molecular formula is C16H10N2O2. The summed E-state index contributed by atoms with van der Waals surface area (Å²) in [5.41, 5.74) is 2.56. The Balaban J connectivity index is 2.32. The number of rotatable bonds is 0. The summed E-state index contributed by atoms with van der Waals surface area (Å²) >= 11 is 0. The van der Waals surface area contributed by atoms with Crippen LogP contribution in [0.4, 0.5) is 0 Å². The minimum Gasteiger partial charge on any atom is -0.422 e. The van der Waals surface area contributed by atoms with Gasteiger partial charge >= 0.3 is 5.63 Å². The van der Waals surface area contributed by atoms with Crippen molar-refractivity contribution in [1.29, 1.82) is 0 Å². The lowest BCUT2D eigenvalue weighted by Crippen LogP contribution is -2.02. The lowest BCUT2D eigenvalue weighted by molar-refractivity contribution is 0.569. The molecule has 0 aliphatic heterocycles. The molecule has 0 aliphatic carbocycles. The molecule has 0 spiro atoms. The van der Waals surface area contributed by atoms with E-state index in [1.165, 1.54) is 0 Å². The molecule has 96 valence electrons. The van der Waals surface area contributed by atoms with Gasteiger partial charge in [0.15, 0.2) is 5.65 Å². The first kappa shape index (κ1) is 11.1. The van der Waals surface area contributed by atoms with Crippen LogP contribution < -0.4 is 5.63 Å². The van der Waals surface area contributed by atoms with E-state index >= 15 is 0 Å². The smallest absolute Gasteiger partial charge is 0.345 e. The molecule has 0 radical (unpaired) electrons. The van der Waals surface area contributed by atoms with Crippen molar-refractivity contribution in [1.82, 2.24) is 9.97 Å². The van der Waals surface area contributed by atoms with Crippen LogP contribution in [0.1, 0.15) is 5.56 Å². The Kier molecular flexibility index (Phi) is 2.15. The Morgan fingerprint density at radius 2 is 2.00 bits per heavy atom. The molecule has 0 fully saturated rings. The highest BCUT2D eigenvalue weighted by atomic mass is 16.4. The van der Waals surface area contributed by atoms with Crippen LogP contribution in [0.2, 0.25) is 0 Å². The van der Waals surface area contributed by atoms with Crippen molar-refractivity contribution in [2.45, 2.75) is 6.92 Å². The zero-order valence-corrected chi connectivity index (χ0v) is 10.8. The lowest BCUT2D eigenvalue weighted by atomic mass is 10.1. The van der Waals surface area contributed by atoms with Gasteiger partial charge in [0.2, 0.25) is 0 Å². The summed E-state index contributed by atoms with van der Waals surface area (Å²) in [6.07, 6.45) is 1.69. The average Bonchev–Trinajstić information content (AvgIpc) is 2.47. The minimum atomic E-state index is -0.366. The highest BCUT2D eigenvalue weighted by Gasteiger charge is 2.10. The fourth-order valence-corrected chi connectivity index (χ4v) is 2.44. The molecule has 4 heteroatoms. The average molecular weight is 262 g/mol. The van der Waals surface area contributed by atoms with Crippen LogP contribution in [0.3, 0.4) is 0 Å². The maximum Gasteiger partial charge on any atom is 0.345 e. The molecule has 4 aromatic rings. The molecule has 3 heterocycles. The summed E-state index contributed by atoms with van der Waals surface area (Å²) < 4.78 is 5.36. The lowest BCUT2D eigenvalue weighted by Gasteiger charge is -2.04. The molecule has 0 bridgehead atoms. The fraction of sp³-hybridized carbons (Fsp3) is 0.0625. The molecule has 1 aromatic carbocycles. The molecule has 0 aliphatic rings. The van der Waals surface area contributed by atoms with Gasteiger partial charge in [-0.3, -0.25) is 0 Å². The van der Waals surface area contributed by atoms with Gasteiger partial charge in [0.05, 0.1) is 10.9 Å². The highest BCUT2D eigenvalue weighted by molar-refractivity contribution is 6.05. The van der Waals surface area contributed by atoms with Crippen LogP contribution in [0.5, 0.6) is 0 Å². The monoisotopic (exact) mass is 262 g/mol. The van der Waals surface area contributed by atoms with Crippen LogP contribution in [-0.4, -0.2) is 9.97 Å². The zero-order valence-electron chi connectivity index (χ0n) is 10.8. The van der Waals surface area contributed by atoms with Gasteiger partial charge in [-0.15, -0.1) is 0 Å². The van der Waals surface area contributed by atoms with Crippen molar-refractivity contribution in [2.24, 2.45) is 0 Å². The third-order valence-electron chi connectivity index (χ3n) is 3.40. The van der Waals surface area contributed by atoms with E-state index in [1.54, 1.807) is 18.3 Å². The molecule has 4 nitrogen and oxygen atoms in total. The first-order chi connectivity index (χ1) is 9.72. The number of hydrogen-bond donors (Lipinski definition) is 0. The summed E-state index contributed by atoms with van der Waals surface area (Å²) in [5, 5.41) is 2.16. The van der Waals surface area contributed by atoms with E-state index in [1.807, 2.05) is 31.2 Å². The molecule has 20 heavy (non-hydrogen) atoms. The Morgan fingerprint density at radius 1 is 1.10 bits per heavy atom. The van der Waals surface area contributed by atoms with Gasteiger partial charge < -0.3 is 4.42 Å². The molecule has 0 unspecified atom stereocenters. The SMILES string of the molecule is Cc1ccc2oc(=O)c3cc4cccnc4nc3c2c1. The zero-order chi connectivity index (χ0) is 13.7. The van der Waals surface area contributed by atoms with Crippen molar-refractivity contribution >= 4 is 32.9 Å². The topological polar surface area (TPSA) is 56.0 Å². The standard InChI is InChI=1S/C16H10N2O2/c1-9-4-5-13-11(7-9)14-12(16(19)20-13)8-10-3-2-6-17-15(10)18-14/h2-8H,1H3. The van der Waals surface area contributed by atoms with Crippen LogP contribution >= 0.6 is 0 Å². The molecule has 3 aromatic heterocycles. The second-order valence-corrected chi connectivity index (χ2v) is 4.82. The van der Waals surface area contributed by atoms with Crippen molar-refractivity contribution in [3.8, 4) is 0 Å². The number of fused-ring (bicyclic) bond motifs is 4. The maximum absolute atomic E-state index is 12.1. The van der Waals surface area contributed by atoms with Gasteiger partial charge in [-0.2, -0.15) is 0 Å². The fourth-order valence-electron chi connectivity index (χ4n) is 2.44. The Hall–Kier alpha value is -2.75. The minimum absolute atomic E-state index is 0.366. The Labute approximate surface area is 113 Å². The van der Waals surface area contributed by atoms with E-state index in [0.29, 0.717) is 22.1 Å². The molecule has 0 amide bonds. The summed E-state index contributed by atoms with van der Waals surface area (Å²) in [4.78, 5) is 20.9. The summed E-state index contributed by atoms with van der Waals surface area (Å²) in [6, 6.07) is 11.2. The summed E-state index contributed by atoms with van der Waals surface area (Å²) in [5.74, 6) is 0. The van der Waals surface area contributed by atoms with Crippen molar-refractivity contribution in [3.63, 3.8) is 0 Å². The van der Waals surface area contributed by atoms with Crippen LogP contribution in [-0.2, 0) is 0 Å². The predicted molar refractivity (Wildman–Crippen MR) is 77.8 cm³/mol. The van der Waals surface area contributed by atoms with Crippen LogP contribution in [0.25, 0.3) is 32.9 Å². The number of pyridine rings is 2. The van der Waals surface area contributed by atoms with Gasteiger partial charge in [0.1, 0.15) is 5.58 Å². The quantitative estimate of drug-likeness (QED) is 0.277. The van der Waals surface area contributed by atoms with Crippen molar-refractivity contribution in [3.05, 3.63) is 58.6 Å². The number of hydrogen-bond acceptors (Lipinski definition) is 4. The van der Waals surface area contributed by atoms with E-state index in [9.17, 15) is 4.79 Å². The Bertz CT molecular complexity index is 1030. The highest BCUT2D eigenvalue weighted by Crippen LogP contribution is 2.24. The number of benzene rings is 1. The van der Waals surface area contributed by atoms with E-state index in [2.05, 4.69) is 9.97 Å². The molecule has 0 saturated carbocycles. The van der Waals surface area contributed by atoms with E-state index in [-0.39, 0.29) is 5.63 Å².